The molecule has 0 unspecified atom stereocenters. The third-order valence-electron chi connectivity index (χ3n) is 7.40. The van der Waals surface area contributed by atoms with E-state index >= 15 is 0 Å². The van der Waals surface area contributed by atoms with E-state index < -0.39 is 0 Å². The smallest absolute Gasteiger partial charge is 0.237 e. The Labute approximate surface area is 250 Å². The van der Waals surface area contributed by atoms with Crippen LogP contribution in [0.2, 0.25) is 10.0 Å². The Morgan fingerprint density at radius 3 is 2.26 bits per heavy atom. The van der Waals surface area contributed by atoms with Gasteiger partial charge in [-0.1, -0.05) is 29.3 Å². The van der Waals surface area contributed by atoms with Gasteiger partial charge in [0.05, 0.1) is 32.9 Å². The predicted octanol–water partition coefficient (Wildman–Crippen LogP) is 6.55. The first kappa shape index (κ1) is 31.2. The van der Waals surface area contributed by atoms with Crippen LogP contribution in [0.3, 0.4) is 0 Å². The minimum absolute atomic E-state index is 0. The molecule has 1 saturated carbocycles. The molecule has 2 fully saturated rings. The van der Waals surface area contributed by atoms with Crippen molar-refractivity contribution in [2.75, 3.05) is 11.9 Å². The lowest BCUT2D eigenvalue weighted by Gasteiger charge is -2.31. The fourth-order valence-corrected chi connectivity index (χ4v) is 5.81. The Bertz CT molecular complexity index is 1330. The minimum Gasteiger partial charge on any atom is -0.505 e. The van der Waals surface area contributed by atoms with Crippen LogP contribution in [-0.2, 0) is 4.79 Å². The number of anilines is 1. The Hall–Kier alpha value is -2.29. The first-order valence-corrected chi connectivity index (χ1v) is 13.5. The molecule has 2 aliphatic rings. The van der Waals surface area contributed by atoms with E-state index in [2.05, 4.69) is 20.9 Å². The van der Waals surface area contributed by atoms with Gasteiger partial charge in [-0.3, -0.25) is 14.6 Å². The molecule has 4 N–H and O–H groups in total. The van der Waals surface area contributed by atoms with Crippen molar-refractivity contribution in [1.82, 2.24) is 15.6 Å². The molecule has 5 rings (SSSR count). The molecule has 1 aliphatic heterocycles. The molecule has 3 aromatic rings. The topological polar surface area (TPSA) is 103 Å². The van der Waals surface area contributed by atoms with E-state index in [0.717, 1.165) is 72.8 Å². The molecule has 11 heteroatoms. The number of aromatic hydroxyl groups is 1. The second-order valence-electron chi connectivity index (χ2n) is 9.97. The highest BCUT2D eigenvalue weighted by Gasteiger charge is 2.28. The average Bonchev–Trinajstić information content (AvgIpc) is 3.43. The first-order chi connectivity index (χ1) is 17.8. The summed E-state index contributed by atoms with van der Waals surface area (Å²) in [5.74, 6) is -0.111. The number of Topliss-reactive ketones (excluding diaryl/α,β-unsaturated/α-hetero) is 1. The van der Waals surface area contributed by atoms with Crippen molar-refractivity contribution < 1.29 is 14.7 Å². The summed E-state index contributed by atoms with van der Waals surface area (Å²) >= 11 is 12.3. The highest BCUT2D eigenvalue weighted by atomic mass is 35.5. The normalized spacial score (nSPS) is 20.5. The molecule has 210 valence electrons. The number of hydrogen-bond donors (Lipinski definition) is 4. The maximum Gasteiger partial charge on any atom is 0.237 e. The zero-order valence-corrected chi connectivity index (χ0v) is 24.6. The van der Waals surface area contributed by atoms with Crippen molar-refractivity contribution >= 4 is 76.3 Å². The molecule has 0 radical (unpaired) electrons. The van der Waals surface area contributed by atoms with E-state index in [1.165, 1.54) is 0 Å². The van der Waals surface area contributed by atoms with Gasteiger partial charge in [-0.2, -0.15) is 0 Å². The number of rotatable bonds is 6. The van der Waals surface area contributed by atoms with Gasteiger partial charge in [0.1, 0.15) is 0 Å². The summed E-state index contributed by atoms with van der Waals surface area (Å²) in [5.41, 5.74) is 3.65. The lowest BCUT2D eigenvalue weighted by molar-refractivity contribution is -0.123. The van der Waals surface area contributed by atoms with Crippen LogP contribution >= 0.6 is 48.0 Å². The standard InChI is InChI=1S/C28H30Cl2N4O3.2ClH/c1-15(35)21-14-32-24-9-4-16(17-12-22(29)27(36)23(30)13-17)11-20(24)26(21)33-18-5-7-19(8-6-18)34-28(37)25-3-2-10-31-25;;/h4,9,11-14,18-19,25,31,36H,2-3,5-8,10H2,1H3,(H,32,33)(H,34,37);2*1H/t18-,19-,25-;;/m0../s1. The van der Waals surface area contributed by atoms with Gasteiger partial charge in [0.15, 0.2) is 11.5 Å². The number of ketones is 1. The largest absolute Gasteiger partial charge is 0.505 e. The van der Waals surface area contributed by atoms with Crippen LogP contribution in [0, 0.1) is 0 Å². The van der Waals surface area contributed by atoms with Crippen molar-refractivity contribution in [3.05, 3.63) is 52.1 Å². The Morgan fingerprint density at radius 1 is 0.974 bits per heavy atom. The summed E-state index contributed by atoms with van der Waals surface area (Å²) in [5, 5.41) is 21.2. The lowest BCUT2D eigenvalue weighted by atomic mass is 9.90. The number of phenolic OH excluding ortho intramolecular Hbond substituents is 1. The lowest BCUT2D eigenvalue weighted by Crippen LogP contribution is -2.47. The number of benzene rings is 2. The van der Waals surface area contributed by atoms with Crippen molar-refractivity contribution in [3.8, 4) is 16.9 Å². The number of pyridine rings is 1. The van der Waals surface area contributed by atoms with Crippen LogP contribution in [0.15, 0.2) is 36.5 Å². The number of aromatic nitrogens is 1. The van der Waals surface area contributed by atoms with E-state index in [-0.39, 0.29) is 70.4 Å². The monoisotopic (exact) mass is 612 g/mol. The van der Waals surface area contributed by atoms with Crippen molar-refractivity contribution in [2.24, 2.45) is 0 Å². The Morgan fingerprint density at radius 2 is 1.64 bits per heavy atom. The number of fused-ring (bicyclic) bond motifs is 1. The highest BCUT2D eigenvalue weighted by Crippen LogP contribution is 2.38. The molecule has 0 bridgehead atoms. The second kappa shape index (κ2) is 13.4. The van der Waals surface area contributed by atoms with Gasteiger partial charge < -0.3 is 21.1 Å². The molecule has 2 heterocycles. The fraction of sp³-hybridized carbons (Fsp3) is 0.393. The van der Waals surface area contributed by atoms with Crippen LogP contribution < -0.4 is 16.0 Å². The van der Waals surface area contributed by atoms with Gasteiger partial charge in [-0.15, -0.1) is 24.8 Å². The van der Waals surface area contributed by atoms with Crippen LogP contribution in [0.5, 0.6) is 5.75 Å². The molecular formula is C28H32Cl4N4O3. The number of carbonyl (C=O) groups is 2. The van der Waals surface area contributed by atoms with Gasteiger partial charge >= 0.3 is 0 Å². The summed E-state index contributed by atoms with van der Waals surface area (Å²) in [6.07, 6.45) is 7.09. The number of phenols is 1. The van der Waals surface area contributed by atoms with Gasteiger partial charge in [-0.05, 0) is 87.4 Å². The summed E-state index contributed by atoms with van der Waals surface area (Å²) in [7, 11) is 0. The van der Waals surface area contributed by atoms with Crippen LogP contribution in [0.1, 0.15) is 55.8 Å². The van der Waals surface area contributed by atoms with Crippen molar-refractivity contribution in [2.45, 2.75) is 63.6 Å². The quantitative estimate of drug-likeness (QED) is 0.235. The van der Waals surface area contributed by atoms with Gasteiger partial charge in [-0.25, -0.2) is 0 Å². The maximum absolute atomic E-state index is 12.5. The molecule has 1 aromatic heterocycles. The average molecular weight is 614 g/mol. The number of hydrogen-bond acceptors (Lipinski definition) is 6. The second-order valence-corrected chi connectivity index (χ2v) is 10.8. The van der Waals surface area contributed by atoms with Gasteiger partial charge in [0, 0.05) is 23.7 Å². The zero-order valence-electron chi connectivity index (χ0n) is 21.4. The van der Waals surface area contributed by atoms with E-state index in [1.54, 1.807) is 25.3 Å². The highest BCUT2D eigenvalue weighted by molar-refractivity contribution is 6.37. The number of carbonyl (C=O) groups excluding carboxylic acids is 2. The van der Waals surface area contributed by atoms with Gasteiger partial charge in [0.25, 0.3) is 0 Å². The number of amides is 1. The van der Waals surface area contributed by atoms with E-state index in [9.17, 15) is 14.7 Å². The summed E-state index contributed by atoms with van der Waals surface area (Å²) < 4.78 is 0. The van der Waals surface area contributed by atoms with Crippen LogP contribution in [0.4, 0.5) is 5.69 Å². The predicted molar refractivity (Wildman–Crippen MR) is 162 cm³/mol. The molecule has 1 aliphatic carbocycles. The molecule has 2 aromatic carbocycles. The summed E-state index contributed by atoms with van der Waals surface area (Å²) in [6.45, 7) is 2.45. The number of nitrogens with zero attached hydrogens (tertiary/aromatic N) is 1. The summed E-state index contributed by atoms with van der Waals surface area (Å²) in [4.78, 5) is 29.6. The molecule has 1 atom stereocenters. The van der Waals surface area contributed by atoms with Crippen LogP contribution in [-0.4, -0.2) is 46.5 Å². The molecule has 7 nitrogen and oxygen atoms in total. The fourth-order valence-electron chi connectivity index (χ4n) is 5.32. The van der Waals surface area contributed by atoms with Crippen molar-refractivity contribution in [3.63, 3.8) is 0 Å². The molecule has 1 amide bonds. The molecular weight excluding hydrogens is 582 g/mol. The van der Waals surface area contributed by atoms with E-state index in [4.69, 9.17) is 23.2 Å². The van der Waals surface area contributed by atoms with Crippen molar-refractivity contribution in [1.29, 1.82) is 0 Å². The van der Waals surface area contributed by atoms with Crippen LogP contribution in [0.25, 0.3) is 22.0 Å². The Kier molecular flexibility index (Phi) is 10.7. The first-order valence-electron chi connectivity index (χ1n) is 12.7. The van der Waals surface area contributed by atoms with E-state index in [1.807, 2.05) is 18.2 Å². The number of nitrogens with one attached hydrogen (secondary N) is 3. The number of halogens is 4. The molecule has 39 heavy (non-hydrogen) atoms. The Balaban J connectivity index is 0.00000210. The summed E-state index contributed by atoms with van der Waals surface area (Å²) in [6, 6.07) is 9.39. The SMILES string of the molecule is CC(=O)c1cnc2ccc(-c3cc(Cl)c(O)c(Cl)c3)cc2c1N[C@H]1CC[C@H](NC(=O)[C@@H]2CCCN2)CC1.Cl.Cl. The molecule has 1 saturated heterocycles. The van der Waals surface area contributed by atoms with E-state index in [0.29, 0.717) is 5.56 Å². The van der Waals surface area contributed by atoms with Gasteiger partial charge in [0.2, 0.25) is 5.91 Å². The third kappa shape index (κ3) is 6.90. The maximum atomic E-state index is 12.5. The third-order valence-corrected chi connectivity index (χ3v) is 7.97. The zero-order chi connectivity index (χ0) is 26.1. The minimum atomic E-state index is -0.151. The molecule has 0 spiro atoms.